The van der Waals surface area contributed by atoms with Crippen molar-refractivity contribution >= 4 is 70.5 Å². The minimum atomic E-state index is -9.04. The highest BCUT2D eigenvalue weighted by Gasteiger charge is 2.79. The lowest BCUT2D eigenvalue weighted by Crippen LogP contribution is -2.30. The fourth-order valence-corrected chi connectivity index (χ4v) is 6.83. The average Bonchev–Trinajstić information content (AvgIpc) is 2.95. The first-order chi connectivity index (χ1) is 11.1. The number of halogens is 9. The highest BCUT2D eigenvalue weighted by Crippen LogP contribution is 3.07. The van der Waals surface area contributed by atoms with E-state index in [1.165, 1.54) is 6.07 Å². The van der Waals surface area contributed by atoms with E-state index >= 15 is 11.7 Å². The summed E-state index contributed by atoms with van der Waals surface area (Å²) >= 11 is 16.8. The van der Waals surface area contributed by atoms with Crippen LogP contribution in [0.2, 0.25) is 0 Å². The lowest BCUT2D eigenvalue weighted by atomic mass is 10.1. The standard InChI is InChI=1S/C11H5Br2Cl2F5N4S/c12-11(13)1-3(11)5-4(2-21)23-24(10(5)22)25(18,19,20)8(15)6(14)7(16)9(25)17/h3H,1,22H2. The minimum Gasteiger partial charge on any atom is -0.383 e. The first-order valence-electron chi connectivity index (χ1n) is 6.19. The largest absolute Gasteiger partial charge is 0.383 e. The molecule has 1 unspecified atom stereocenters. The van der Waals surface area contributed by atoms with E-state index in [0.717, 1.165) is 0 Å². The molecular formula is C11H5Br2Cl2F5N4S. The molecule has 2 aliphatic rings. The molecule has 1 aromatic heterocycles. The number of hydrogen-bond acceptors (Lipinski definition) is 3. The molecule has 4 nitrogen and oxygen atoms in total. The molecule has 25 heavy (non-hydrogen) atoms. The molecular weight excluding hydrogens is 546 g/mol. The van der Waals surface area contributed by atoms with Crippen LogP contribution in [0.1, 0.15) is 23.6 Å². The molecule has 3 rings (SSSR count). The van der Waals surface area contributed by atoms with Gasteiger partial charge in [-0.05, 0) is 6.42 Å². The Balaban J connectivity index is 2.41. The van der Waals surface area contributed by atoms with Gasteiger partial charge in [0, 0.05) is 11.5 Å². The Labute approximate surface area is 163 Å². The number of nitrogens with two attached hydrogens (primary N) is 1. The molecule has 0 radical (unpaired) electrons. The van der Waals surface area contributed by atoms with E-state index in [1.54, 1.807) is 0 Å². The number of nitrogen functional groups attached to an aromatic ring is 1. The number of aromatic nitrogens is 2. The number of hydrogen-bond donors (Lipinski definition) is 1. The Kier molecular flexibility index (Phi) is 3.61. The van der Waals surface area contributed by atoms with E-state index in [2.05, 4.69) is 37.0 Å². The summed E-state index contributed by atoms with van der Waals surface area (Å²) in [6.07, 6.45) is 0.302. The smallest absolute Gasteiger partial charge is 0.258 e. The highest BCUT2D eigenvalue weighted by atomic mass is 79.9. The molecule has 0 bridgehead atoms. The molecule has 138 valence electrons. The third-order valence-electron chi connectivity index (χ3n) is 3.86. The van der Waals surface area contributed by atoms with Crippen molar-refractivity contribution in [2.45, 2.75) is 15.6 Å². The van der Waals surface area contributed by atoms with Gasteiger partial charge in [0.25, 0.3) is 5.16 Å². The second-order valence-electron chi connectivity index (χ2n) is 5.45. The molecule has 1 aliphatic carbocycles. The van der Waals surface area contributed by atoms with Gasteiger partial charge in [-0.25, -0.2) is 4.39 Å². The zero-order valence-corrected chi connectivity index (χ0v) is 17.0. The predicted octanol–water partition coefficient (Wildman–Crippen LogP) is 6.37. The van der Waals surface area contributed by atoms with Crippen molar-refractivity contribution < 1.29 is 20.4 Å². The minimum absolute atomic E-state index is 0.245. The van der Waals surface area contributed by atoms with Crippen LogP contribution < -0.4 is 5.73 Å². The van der Waals surface area contributed by atoms with Gasteiger partial charge in [0.15, 0.2) is 15.9 Å². The lowest BCUT2D eigenvalue weighted by Gasteiger charge is -2.53. The quantitative estimate of drug-likeness (QED) is 0.344. The molecule has 1 aliphatic heterocycles. The Morgan fingerprint density at radius 3 is 2.20 bits per heavy atom. The Bertz CT molecular complexity index is 941. The van der Waals surface area contributed by atoms with Gasteiger partial charge in [-0.3, -0.25) is 0 Å². The summed E-state index contributed by atoms with van der Waals surface area (Å²) in [5.74, 6) is -4.03. The number of nitrogens with zero attached hydrogens (tertiary/aromatic N) is 3. The maximum absolute atomic E-state index is 15.3. The van der Waals surface area contributed by atoms with Gasteiger partial charge in [-0.1, -0.05) is 55.1 Å². The second-order valence-corrected chi connectivity index (χ2v) is 13.7. The first kappa shape index (κ1) is 19.3. The van der Waals surface area contributed by atoms with Gasteiger partial charge in [0.1, 0.15) is 16.9 Å². The number of alkyl halides is 2. The molecule has 0 spiro atoms. The van der Waals surface area contributed by atoms with Crippen LogP contribution in [0.3, 0.4) is 0 Å². The second kappa shape index (κ2) is 4.67. The van der Waals surface area contributed by atoms with E-state index in [-0.39, 0.29) is 5.56 Å². The summed E-state index contributed by atoms with van der Waals surface area (Å²) in [5.41, 5.74) is 4.66. The van der Waals surface area contributed by atoms with Crippen molar-refractivity contribution in [1.29, 1.82) is 5.26 Å². The maximum Gasteiger partial charge on any atom is 0.258 e. The summed E-state index contributed by atoms with van der Waals surface area (Å²) in [6, 6.07) is 1.48. The number of nitriles is 1. The van der Waals surface area contributed by atoms with E-state index < -0.39 is 54.8 Å². The van der Waals surface area contributed by atoms with Gasteiger partial charge in [0.2, 0.25) is 9.64 Å². The van der Waals surface area contributed by atoms with Crippen LogP contribution in [0, 0.1) is 11.3 Å². The van der Waals surface area contributed by atoms with Crippen molar-refractivity contribution in [3.63, 3.8) is 0 Å². The van der Waals surface area contributed by atoms with Crippen LogP contribution in [0.25, 0.3) is 0 Å². The highest BCUT2D eigenvalue weighted by molar-refractivity contribution is 9.25. The lowest BCUT2D eigenvalue weighted by molar-refractivity contribution is 0.488. The monoisotopic (exact) mass is 548 g/mol. The van der Waals surface area contributed by atoms with Crippen molar-refractivity contribution in [2.75, 3.05) is 5.73 Å². The fourth-order valence-electron chi connectivity index (χ4n) is 2.45. The molecule has 0 aromatic carbocycles. The summed E-state index contributed by atoms with van der Waals surface area (Å²) in [7, 11) is -9.04. The molecule has 0 amide bonds. The van der Waals surface area contributed by atoms with Crippen molar-refractivity contribution in [2.24, 2.45) is 0 Å². The van der Waals surface area contributed by atoms with Gasteiger partial charge < -0.3 is 5.73 Å². The van der Waals surface area contributed by atoms with Crippen molar-refractivity contribution in [3.05, 3.63) is 31.6 Å². The third kappa shape index (κ3) is 2.07. The van der Waals surface area contributed by atoms with Crippen LogP contribution in [0.4, 0.5) is 26.3 Å². The van der Waals surface area contributed by atoms with Crippen molar-refractivity contribution in [3.8, 4) is 6.07 Å². The van der Waals surface area contributed by atoms with Crippen molar-refractivity contribution in [1.82, 2.24) is 9.19 Å². The third-order valence-corrected chi connectivity index (χ3v) is 10.2. The van der Waals surface area contributed by atoms with Gasteiger partial charge >= 0.3 is 0 Å². The number of rotatable bonds is 2. The van der Waals surface area contributed by atoms with E-state index in [1.807, 2.05) is 0 Å². The van der Waals surface area contributed by atoms with Crippen LogP contribution in [0.5, 0.6) is 0 Å². The molecule has 2 N–H and O–H groups in total. The van der Waals surface area contributed by atoms with Gasteiger partial charge in [0.05, 0.1) is 3.23 Å². The van der Waals surface area contributed by atoms with E-state index in [0.29, 0.717) is 6.42 Å². The van der Waals surface area contributed by atoms with Crippen LogP contribution in [-0.2, 0) is 0 Å². The molecule has 1 atom stereocenters. The molecule has 14 heteroatoms. The van der Waals surface area contributed by atoms with Gasteiger partial charge in [-0.2, -0.15) is 9.65 Å². The SMILES string of the molecule is N#Cc1nn(S2(F)(F)(F)C(F)=C(F)C(Cl)=C2Cl)c(N)c1C1CC1(Br)Br. The summed E-state index contributed by atoms with van der Waals surface area (Å²) < 4.78 is 69.9. The van der Waals surface area contributed by atoms with Gasteiger partial charge in [-0.15, -0.1) is 20.8 Å². The molecule has 1 aromatic rings. The van der Waals surface area contributed by atoms with Crippen LogP contribution in [0.15, 0.2) is 20.4 Å². The van der Waals surface area contributed by atoms with E-state index in [4.69, 9.17) is 34.2 Å². The van der Waals surface area contributed by atoms with Crippen LogP contribution in [-0.4, -0.2) is 12.4 Å². The molecule has 1 saturated carbocycles. The molecule has 1 fully saturated rings. The maximum atomic E-state index is 15.3. The van der Waals surface area contributed by atoms with Crippen LogP contribution >= 0.6 is 64.7 Å². The topological polar surface area (TPSA) is 67.6 Å². The number of allylic oxidation sites excluding steroid dienone is 2. The molecule has 2 heterocycles. The Hall–Kier alpha value is -0.480. The van der Waals surface area contributed by atoms with E-state index in [9.17, 15) is 8.78 Å². The Morgan fingerprint density at radius 1 is 1.32 bits per heavy atom. The summed E-state index contributed by atoms with van der Waals surface area (Å²) in [6.45, 7) is 0. The normalized spacial score (nSPS) is 31.0. The first-order valence-corrected chi connectivity index (χ1v) is 10.6. The Morgan fingerprint density at radius 2 is 1.84 bits per heavy atom. The average molecular weight is 551 g/mol. The number of anilines is 1. The zero-order chi connectivity index (χ0) is 19.2. The molecule has 0 saturated heterocycles. The predicted molar refractivity (Wildman–Crippen MR) is 93.6 cm³/mol. The fraction of sp³-hybridized carbons (Fsp3) is 0.273. The summed E-state index contributed by atoms with van der Waals surface area (Å²) in [5, 5.41) is 7.51. The summed E-state index contributed by atoms with van der Waals surface area (Å²) in [4.78, 5) is 0. The zero-order valence-electron chi connectivity index (χ0n) is 11.5.